The molecule has 6 heteroatoms. The van der Waals surface area contributed by atoms with Crippen LogP contribution in [0.4, 0.5) is 0 Å². The first-order valence-electron chi connectivity index (χ1n) is 4.97. The van der Waals surface area contributed by atoms with E-state index in [1.54, 1.807) is 6.07 Å². The first-order chi connectivity index (χ1) is 7.50. The molecule has 0 atom stereocenters. The van der Waals surface area contributed by atoms with Gasteiger partial charge in [-0.05, 0) is 5.92 Å². The van der Waals surface area contributed by atoms with Gasteiger partial charge in [0.2, 0.25) is 5.76 Å². The second-order valence-corrected chi connectivity index (χ2v) is 3.67. The van der Waals surface area contributed by atoms with Crippen LogP contribution in [-0.4, -0.2) is 28.7 Å². The lowest BCUT2D eigenvalue weighted by molar-refractivity contribution is -0.136. The molecule has 0 aliphatic rings. The van der Waals surface area contributed by atoms with Crippen molar-refractivity contribution < 1.29 is 19.2 Å². The fraction of sp³-hybridized carbons (Fsp3) is 0.500. The minimum absolute atomic E-state index is 0.0753. The summed E-state index contributed by atoms with van der Waals surface area (Å²) in [5, 5.41) is 14.5. The Morgan fingerprint density at radius 3 is 2.75 bits per heavy atom. The number of nitrogens with zero attached hydrogens (tertiary/aromatic N) is 1. The zero-order valence-corrected chi connectivity index (χ0v) is 9.19. The average molecular weight is 226 g/mol. The van der Waals surface area contributed by atoms with Crippen molar-refractivity contribution in [2.45, 2.75) is 26.2 Å². The quantitative estimate of drug-likeness (QED) is 0.781. The van der Waals surface area contributed by atoms with Crippen molar-refractivity contribution in [2.75, 3.05) is 6.54 Å². The summed E-state index contributed by atoms with van der Waals surface area (Å²) in [4.78, 5) is 21.6. The molecule has 0 radical (unpaired) electrons. The maximum Gasteiger partial charge on any atom is 0.305 e. The molecule has 2 N–H and O–H groups in total. The van der Waals surface area contributed by atoms with Crippen LogP contribution in [0.25, 0.3) is 0 Å². The molecule has 0 saturated heterocycles. The molecular formula is C10H14N2O4. The number of hydrogen-bond acceptors (Lipinski definition) is 4. The third kappa shape index (κ3) is 3.38. The normalized spacial score (nSPS) is 10.4. The molecule has 1 heterocycles. The highest BCUT2D eigenvalue weighted by Crippen LogP contribution is 2.13. The Labute approximate surface area is 92.6 Å². The number of nitrogens with one attached hydrogen (secondary N) is 1. The Morgan fingerprint density at radius 2 is 2.25 bits per heavy atom. The molecule has 1 amide bonds. The van der Waals surface area contributed by atoms with Gasteiger partial charge < -0.3 is 14.9 Å². The van der Waals surface area contributed by atoms with E-state index in [1.165, 1.54) is 0 Å². The van der Waals surface area contributed by atoms with Crippen LogP contribution in [0, 0.1) is 0 Å². The minimum atomic E-state index is -0.958. The highest BCUT2D eigenvalue weighted by atomic mass is 16.5. The van der Waals surface area contributed by atoms with E-state index < -0.39 is 11.9 Å². The molecule has 0 saturated carbocycles. The number of aliphatic carboxylic acids is 1. The Morgan fingerprint density at radius 1 is 1.56 bits per heavy atom. The monoisotopic (exact) mass is 226 g/mol. The third-order valence-corrected chi connectivity index (χ3v) is 1.97. The van der Waals surface area contributed by atoms with Crippen LogP contribution in [0.2, 0.25) is 0 Å². The van der Waals surface area contributed by atoms with Gasteiger partial charge in [-0.2, -0.15) is 0 Å². The summed E-state index contributed by atoms with van der Waals surface area (Å²) in [6.45, 7) is 3.94. The van der Waals surface area contributed by atoms with Crippen molar-refractivity contribution in [3.05, 3.63) is 17.5 Å². The first kappa shape index (κ1) is 12.2. The van der Waals surface area contributed by atoms with Gasteiger partial charge >= 0.3 is 5.97 Å². The Hall–Kier alpha value is -1.85. The van der Waals surface area contributed by atoms with E-state index in [9.17, 15) is 9.59 Å². The SMILES string of the molecule is CC(C)c1cc(C(=O)NCCC(=O)O)on1. The lowest BCUT2D eigenvalue weighted by atomic mass is 10.1. The summed E-state index contributed by atoms with van der Waals surface area (Å²) >= 11 is 0. The maximum atomic E-state index is 11.4. The highest BCUT2D eigenvalue weighted by molar-refractivity contribution is 5.91. The summed E-state index contributed by atoms with van der Waals surface area (Å²) in [7, 11) is 0. The van der Waals surface area contributed by atoms with Gasteiger partial charge in [0, 0.05) is 12.6 Å². The molecule has 1 aromatic rings. The number of amides is 1. The van der Waals surface area contributed by atoms with E-state index in [-0.39, 0.29) is 24.6 Å². The van der Waals surface area contributed by atoms with Crippen LogP contribution in [0.1, 0.15) is 42.4 Å². The number of rotatable bonds is 5. The van der Waals surface area contributed by atoms with Crippen molar-refractivity contribution >= 4 is 11.9 Å². The van der Waals surface area contributed by atoms with Crippen molar-refractivity contribution in [1.29, 1.82) is 0 Å². The van der Waals surface area contributed by atoms with Crippen LogP contribution >= 0.6 is 0 Å². The summed E-state index contributed by atoms with van der Waals surface area (Å²) in [6.07, 6.45) is -0.114. The van der Waals surface area contributed by atoms with E-state index in [2.05, 4.69) is 10.5 Å². The second-order valence-electron chi connectivity index (χ2n) is 3.67. The Kier molecular flexibility index (Phi) is 4.04. The molecule has 1 rings (SSSR count). The first-order valence-corrected chi connectivity index (χ1v) is 4.97. The number of aromatic nitrogens is 1. The number of carbonyl (C=O) groups is 2. The Bertz CT molecular complexity index is 384. The zero-order chi connectivity index (χ0) is 12.1. The van der Waals surface area contributed by atoms with Gasteiger partial charge in [-0.1, -0.05) is 19.0 Å². The predicted octanol–water partition coefficient (Wildman–Crippen LogP) is 1.00. The standard InChI is InChI=1S/C10H14N2O4/c1-6(2)7-5-8(16-12-7)10(15)11-4-3-9(13)14/h5-6H,3-4H2,1-2H3,(H,11,15)(H,13,14). The fourth-order valence-electron chi connectivity index (χ4n) is 1.04. The molecule has 88 valence electrons. The van der Waals surface area contributed by atoms with Gasteiger partial charge in [-0.25, -0.2) is 0 Å². The minimum Gasteiger partial charge on any atom is -0.481 e. The predicted molar refractivity (Wildman–Crippen MR) is 55.2 cm³/mol. The average Bonchev–Trinajstić information content (AvgIpc) is 2.65. The van der Waals surface area contributed by atoms with Gasteiger partial charge in [-0.15, -0.1) is 0 Å². The number of hydrogen-bond donors (Lipinski definition) is 2. The van der Waals surface area contributed by atoms with E-state index in [4.69, 9.17) is 9.63 Å². The van der Waals surface area contributed by atoms with Crippen molar-refractivity contribution in [3.8, 4) is 0 Å². The summed E-state index contributed by atoms with van der Waals surface area (Å²) in [5.74, 6) is -1.11. The molecule has 0 aliphatic heterocycles. The second kappa shape index (κ2) is 5.29. The van der Waals surface area contributed by atoms with Crippen molar-refractivity contribution in [3.63, 3.8) is 0 Å². The largest absolute Gasteiger partial charge is 0.481 e. The van der Waals surface area contributed by atoms with Crippen LogP contribution in [-0.2, 0) is 4.79 Å². The lowest BCUT2D eigenvalue weighted by Gasteiger charge is -1.98. The third-order valence-electron chi connectivity index (χ3n) is 1.97. The molecule has 0 aromatic carbocycles. The lowest BCUT2D eigenvalue weighted by Crippen LogP contribution is -2.25. The molecule has 0 spiro atoms. The Balaban J connectivity index is 2.49. The van der Waals surface area contributed by atoms with Crippen LogP contribution in [0.5, 0.6) is 0 Å². The van der Waals surface area contributed by atoms with E-state index in [0.717, 1.165) is 0 Å². The topological polar surface area (TPSA) is 92.4 Å². The molecular weight excluding hydrogens is 212 g/mol. The van der Waals surface area contributed by atoms with Crippen LogP contribution in [0.15, 0.2) is 10.6 Å². The van der Waals surface area contributed by atoms with Gasteiger partial charge in [0.25, 0.3) is 5.91 Å². The van der Waals surface area contributed by atoms with Crippen LogP contribution < -0.4 is 5.32 Å². The van der Waals surface area contributed by atoms with Crippen molar-refractivity contribution in [2.24, 2.45) is 0 Å². The molecule has 0 unspecified atom stereocenters. The molecule has 16 heavy (non-hydrogen) atoms. The number of carboxylic acid groups (broad SMARTS) is 1. The van der Waals surface area contributed by atoms with E-state index in [0.29, 0.717) is 5.69 Å². The highest BCUT2D eigenvalue weighted by Gasteiger charge is 2.14. The van der Waals surface area contributed by atoms with Gasteiger partial charge in [-0.3, -0.25) is 9.59 Å². The molecule has 0 aliphatic carbocycles. The zero-order valence-electron chi connectivity index (χ0n) is 9.19. The number of carbonyl (C=O) groups excluding carboxylic acids is 1. The molecule has 0 fully saturated rings. The summed E-state index contributed by atoms with van der Waals surface area (Å²) < 4.78 is 4.84. The molecule has 1 aromatic heterocycles. The van der Waals surface area contributed by atoms with Gasteiger partial charge in [0.15, 0.2) is 0 Å². The number of carboxylic acids is 1. The van der Waals surface area contributed by atoms with Gasteiger partial charge in [0.05, 0.1) is 12.1 Å². The van der Waals surface area contributed by atoms with E-state index in [1.807, 2.05) is 13.8 Å². The molecule has 6 nitrogen and oxygen atoms in total. The fourth-order valence-corrected chi connectivity index (χ4v) is 1.04. The van der Waals surface area contributed by atoms with E-state index >= 15 is 0 Å². The summed E-state index contributed by atoms with van der Waals surface area (Å²) in [6, 6.07) is 1.56. The molecule has 0 bridgehead atoms. The van der Waals surface area contributed by atoms with Crippen LogP contribution in [0.3, 0.4) is 0 Å². The van der Waals surface area contributed by atoms with Crippen molar-refractivity contribution in [1.82, 2.24) is 10.5 Å². The van der Waals surface area contributed by atoms with Gasteiger partial charge in [0.1, 0.15) is 0 Å². The maximum absolute atomic E-state index is 11.4. The smallest absolute Gasteiger partial charge is 0.305 e. The summed E-state index contributed by atoms with van der Waals surface area (Å²) in [5.41, 5.74) is 0.698.